The van der Waals surface area contributed by atoms with Crippen LogP contribution in [0.1, 0.15) is 29.1 Å². The molecule has 96 valence electrons. The Morgan fingerprint density at radius 3 is 2.94 bits per heavy atom. The molecule has 18 heavy (non-hydrogen) atoms. The van der Waals surface area contributed by atoms with Gasteiger partial charge in [-0.15, -0.1) is 11.3 Å². The Balaban J connectivity index is 2.40. The van der Waals surface area contributed by atoms with E-state index < -0.39 is 0 Å². The van der Waals surface area contributed by atoms with Gasteiger partial charge in [0.05, 0.1) is 12.9 Å². The predicted octanol–water partition coefficient (Wildman–Crippen LogP) is 3.48. The number of aromatic amines is 1. The van der Waals surface area contributed by atoms with Gasteiger partial charge in [0, 0.05) is 5.39 Å². The Hall–Kier alpha value is -1.27. The molecule has 0 bridgehead atoms. The number of carbonyl (C=O) groups is 1. The summed E-state index contributed by atoms with van der Waals surface area (Å²) in [5.41, 5.74) is 0.845. The molecule has 0 saturated heterocycles. The molecule has 0 aromatic carbocycles. The topological polar surface area (TPSA) is 55.0 Å². The van der Waals surface area contributed by atoms with E-state index in [1.165, 1.54) is 11.3 Å². The van der Waals surface area contributed by atoms with E-state index in [9.17, 15) is 4.79 Å². The van der Waals surface area contributed by atoms with Crippen molar-refractivity contribution >= 4 is 39.7 Å². The van der Waals surface area contributed by atoms with Gasteiger partial charge in [-0.1, -0.05) is 26.1 Å². The Kier molecular flexibility index (Phi) is 3.77. The van der Waals surface area contributed by atoms with Crippen molar-refractivity contribution in [3.8, 4) is 0 Å². The average Bonchev–Trinajstić information content (AvgIpc) is 2.65. The Morgan fingerprint density at radius 1 is 1.61 bits per heavy atom. The molecule has 0 radical (unpaired) electrons. The summed E-state index contributed by atoms with van der Waals surface area (Å²) in [5.74, 6) is 0.0307. The minimum atomic E-state index is -0.293. The number of aryl methyl sites for hydroxylation is 1. The van der Waals surface area contributed by atoms with Crippen LogP contribution in [-0.2, 0) is 4.74 Å². The first-order valence-electron chi connectivity index (χ1n) is 5.64. The van der Waals surface area contributed by atoms with Crippen LogP contribution in [0.3, 0.4) is 0 Å². The standard InChI is InChI=1S/C12H14N2O2S2/c1-6(2)4-16-12(15)9-7(3)8-10(17)13-5-14-11(8)18-9/h5-6H,4H2,1-3H3,(H,13,14,17). The van der Waals surface area contributed by atoms with Gasteiger partial charge in [-0.25, -0.2) is 9.78 Å². The predicted molar refractivity (Wildman–Crippen MR) is 74.7 cm³/mol. The van der Waals surface area contributed by atoms with Gasteiger partial charge in [0.25, 0.3) is 0 Å². The number of ether oxygens (including phenoxy) is 1. The molecule has 2 aromatic heterocycles. The van der Waals surface area contributed by atoms with Crippen LogP contribution in [0.25, 0.3) is 10.2 Å². The van der Waals surface area contributed by atoms with Crippen molar-refractivity contribution in [3.63, 3.8) is 0 Å². The molecule has 0 amide bonds. The van der Waals surface area contributed by atoms with Crippen LogP contribution in [0, 0.1) is 17.5 Å². The molecule has 2 heterocycles. The number of nitrogens with zero attached hydrogens (tertiary/aromatic N) is 1. The molecule has 0 aliphatic rings. The zero-order chi connectivity index (χ0) is 13.3. The smallest absolute Gasteiger partial charge is 0.348 e. The van der Waals surface area contributed by atoms with Gasteiger partial charge < -0.3 is 9.72 Å². The van der Waals surface area contributed by atoms with Crippen molar-refractivity contribution in [2.75, 3.05) is 6.61 Å². The van der Waals surface area contributed by atoms with Gasteiger partial charge in [0.15, 0.2) is 0 Å². The third-order valence-electron chi connectivity index (χ3n) is 2.47. The molecule has 0 aliphatic carbocycles. The van der Waals surface area contributed by atoms with Gasteiger partial charge in [-0.05, 0) is 18.4 Å². The van der Waals surface area contributed by atoms with Gasteiger partial charge in [0.1, 0.15) is 14.3 Å². The summed E-state index contributed by atoms with van der Waals surface area (Å²) >= 11 is 6.53. The maximum Gasteiger partial charge on any atom is 0.348 e. The van der Waals surface area contributed by atoms with E-state index in [0.29, 0.717) is 22.0 Å². The number of thiophene rings is 1. The largest absolute Gasteiger partial charge is 0.461 e. The molecule has 0 fully saturated rings. The lowest BCUT2D eigenvalue weighted by atomic mass is 10.2. The molecule has 0 unspecified atom stereocenters. The zero-order valence-corrected chi connectivity index (χ0v) is 12.1. The van der Waals surface area contributed by atoms with Crippen molar-refractivity contribution in [2.24, 2.45) is 5.92 Å². The number of nitrogens with one attached hydrogen (secondary N) is 1. The quantitative estimate of drug-likeness (QED) is 0.691. The zero-order valence-electron chi connectivity index (χ0n) is 10.4. The lowest BCUT2D eigenvalue weighted by Crippen LogP contribution is -2.09. The van der Waals surface area contributed by atoms with Crippen molar-refractivity contribution in [1.29, 1.82) is 0 Å². The summed E-state index contributed by atoms with van der Waals surface area (Å²) in [5, 5.41) is 0.842. The van der Waals surface area contributed by atoms with Crippen molar-refractivity contribution in [2.45, 2.75) is 20.8 Å². The monoisotopic (exact) mass is 282 g/mol. The van der Waals surface area contributed by atoms with Crippen LogP contribution < -0.4 is 0 Å². The lowest BCUT2D eigenvalue weighted by molar-refractivity contribution is 0.0464. The summed E-state index contributed by atoms with van der Waals surface area (Å²) in [6, 6.07) is 0. The number of aromatic nitrogens is 2. The summed E-state index contributed by atoms with van der Waals surface area (Å²) in [6.45, 7) is 6.30. The molecule has 0 aliphatic heterocycles. The van der Waals surface area contributed by atoms with Gasteiger partial charge in [0.2, 0.25) is 0 Å². The number of fused-ring (bicyclic) bond motifs is 1. The molecule has 4 nitrogen and oxygen atoms in total. The molecule has 1 N–H and O–H groups in total. The Labute approximate surface area is 114 Å². The lowest BCUT2D eigenvalue weighted by Gasteiger charge is -2.05. The van der Waals surface area contributed by atoms with E-state index in [1.807, 2.05) is 20.8 Å². The summed E-state index contributed by atoms with van der Waals surface area (Å²) in [4.78, 5) is 20.4. The van der Waals surface area contributed by atoms with Crippen LogP contribution in [0.2, 0.25) is 0 Å². The fourth-order valence-electron chi connectivity index (χ4n) is 1.58. The normalized spacial score (nSPS) is 11.1. The molecule has 0 atom stereocenters. The average molecular weight is 282 g/mol. The maximum absolute atomic E-state index is 12.0. The Morgan fingerprint density at radius 2 is 2.33 bits per heavy atom. The van der Waals surface area contributed by atoms with Gasteiger partial charge in [-0.2, -0.15) is 0 Å². The minimum absolute atomic E-state index is 0.293. The first-order valence-corrected chi connectivity index (χ1v) is 6.87. The van der Waals surface area contributed by atoms with E-state index >= 15 is 0 Å². The highest BCUT2D eigenvalue weighted by Crippen LogP contribution is 2.29. The van der Waals surface area contributed by atoms with Crippen molar-refractivity contribution in [1.82, 2.24) is 9.97 Å². The molecule has 0 saturated carbocycles. The second kappa shape index (κ2) is 5.16. The van der Waals surface area contributed by atoms with E-state index in [4.69, 9.17) is 17.0 Å². The number of H-pyrrole nitrogens is 1. The number of hydrogen-bond donors (Lipinski definition) is 1. The van der Waals surface area contributed by atoms with E-state index in [0.717, 1.165) is 15.8 Å². The minimum Gasteiger partial charge on any atom is -0.461 e. The molecular weight excluding hydrogens is 268 g/mol. The molecule has 0 spiro atoms. The summed E-state index contributed by atoms with van der Waals surface area (Å²) in [6.07, 6.45) is 1.55. The van der Waals surface area contributed by atoms with Gasteiger partial charge in [-0.3, -0.25) is 0 Å². The number of hydrogen-bond acceptors (Lipinski definition) is 5. The third kappa shape index (κ3) is 2.44. The van der Waals surface area contributed by atoms with Gasteiger partial charge >= 0.3 is 5.97 Å². The molecular formula is C12H14N2O2S2. The van der Waals surface area contributed by atoms with Crippen molar-refractivity contribution in [3.05, 3.63) is 21.4 Å². The van der Waals surface area contributed by atoms with Crippen LogP contribution in [0.15, 0.2) is 6.33 Å². The van der Waals surface area contributed by atoms with E-state index in [1.54, 1.807) is 6.33 Å². The Bertz CT molecular complexity index is 643. The third-order valence-corrected chi connectivity index (χ3v) is 3.97. The number of rotatable bonds is 3. The molecule has 2 rings (SSSR count). The van der Waals surface area contributed by atoms with Crippen LogP contribution in [0.5, 0.6) is 0 Å². The fraction of sp³-hybridized carbons (Fsp3) is 0.417. The maximum atomic E-state index is 12.0. The van der Waals surface area contributed by atoms with Crippen LogP contribution in [0.4, 0.5) is 0 Å². The fourth-order valence-corrected chi connectivity index (χ4v) is 3.00. The number of esters is 1. The highest BCUT2D eigenvalue weighted by molar-refractivity contribution is 7.71. The molecule has 2 aromatic rings. The van der Waals surface area contributed by atoms with E-state index in [-0.39, 0.29) is 5.97 Å². The second-order valence-electron chi connectivity index (χ2n) is 4.46. The van der Waals surface area contributed by atoms with Crippen LogP contribution >= 0.6 is 23.6 Å². The highest BCUT2D eigenvalue weighted by Gasteiger charge is 2.18. The summed E-state index contributed by atoms with van der Waals surface area (Å²) < 4.78 is 5.85. The number of carbonyl (C=O) groups excluding carboxylic acids is 1. The second-order valence-corrected chi connectivity index (χ2v) is 5.87. The van der Waals surface area contributed by atoms with Crippen LogP contribution in [-0.4, -0.2) is 22.5 Å². The first kappa shape index (κ1) is 13.2. The SMILES string of the molecule is Cc1c(C(=O)OCC(C)C)sc2nc[nH]c(=S)c12. The van der Waals surface area contributed by atoms with Crippen molar-refractivity contribution < 1.29 is 9.53 Å². The highest BCUT2D eigenvalue weighted by atomic mass is 32.1. The summed E-state index contributed by atoms with van der Waals surface area (Å²) in [7, 11) is 0. The first-order chi connectivity index (χ1) is 8.50. The molecule has 6 heteroatoms. The van der Waals surface area contributed by atoms with E-state index in [2.05, 4.69) is 9.97 Å².